The Morgan fingerprint density at radius 3 is 3.00 bits per heavy atom. The topological polar surface area (TPSA) is 24.5 Å². The van der Waals surface area contributed by atoms with E-state index in [9.17, 15) is 0 Å². The highest BCUT2D eigenvalue weighted by atomic mass is 35.5. The Morgan fingerprint density at radius 2 is 2.33 bits per heavy atom. The number of morpholine rings is 1. The molecule has 0 aromatic heterocycles. The average Bonchev–Trinajstić information content (AvgIpc) is 2.25. The lowest BCUT2D eigenvalue weighted by Crippen LogP contribution is -2.49. The fourth-order valence-electron chi connectivity index (χ4n) is 1.79. The van der Waals surface area contributed by atoms with Crippen LogP contribution in [0, 0.1) is 0 Å². The van der Waals surface area contributed by atoms with Gasteiger partial charge in [0, 0.05) is 31.6 Å². The van der Waals surface area contributed by atoms with Crippen molar-refractivity contribution in [3.05, 3.63) is 0 Å². The summed E-state index contributed by atoms with van der Waals surface area (Å²) in [6, 6.07) is 0.624. The number of rotatable bonds is 6. The minimum atomic E-state index is 0.344. The average molecular weight is 235 g/mol. The summed E-state index contributed by atoms with van der Waals surface area (Å²) >= 11 is 5.61. The van der Waals surface area contributed by atoms with E-state index in [2.05, 4.69) is 24.1 Å². The first-order valence-electron chi connectivity index (χ1n) is 5.86. The Morgan fingerprint density at radius 1 is 1.53 bits per heavy atom. The standard InChI is InChI=1S/C11H23ClN2O/c1-10(2)14-6-7-15-11(9-14)8-13-5-3-4-12/h10-11,13H,3-9H2,1-2H3. The van der Waals surface area contributed by atoms with Gasteiger partial charge in [-0.05, 0) is 26.8 Å². The number of ether oxygens (including phenoxy) is 1. The zero-order valence-electron chi connectivity index (χ0n) is 9.84. The van der Waals surface area contributed by atoms with Crippen molar-refractivity contribution in [1.29, 1.82) is 0 Å². The molecule has 3 nitrogen and oxygen atoms in total. The van der Waals surface area contributed by atoms with Gasteiger partial charge in [0.25, 0.3) is 0 Å². The lowest BCUT2D eigenvalue weighted by molar-refractivity contribution is -0.0370. The summed E-state index contributed by atoms with van der Waals surface area (Å²) in [5.74, 6) is 0.733. The molecule has 1 aliphatic heterocycles. The summed E-state index contributed by atoms with van der Waals surface area (Å²) in [7, 11) is 0. The molecule has 0 bridgehead atoms. The number of alkyl halides is 1. The summed E-state index contributed by atoms with van der Waals surface area (Å²) in [6.45, 7) is 9.39. The van der Waals surface area contributed by atoms with Crippen LogP contribution in [0.15, 0.2) is 0 Å². The largest absolute Gasteiger partial charge is 0.374 e. The lowest BCUT2D eigenvalue weighted by atomic mass is 10.2. The molecule has 0 aliphatic carbocycles. The van der Waals surface area contributed by atoms with Crippen LogP contribution in [-0.2, 0) is 4.74 Å². The normalized spacial score (nSPS) is 23.6. The van der Waals surface area contributed by atoms with Crippen LogP contribution < -0.4 is 5.32 Å². The van der Waals surface area contributed by atoms with Gasteiger partial charge < -0.3 is 10.1 Å². The van der Waals surface area contributed by atoms with E-state index >= 15 is 0 Å². The van der Waals surface area contributed by atoms with Gasteiger partial charge in [0.15, 0.2) is 0 Å². The van der Waals surface area contributed by atoms with Crippen molar-refractivity contribution < 1.29 is 4.74 Å². The molecular weight excluding hydrogens is 212 g/mol. The first kappa shape index (κ1) is 13.2. The number of nitrogens with zero attached hydrogens (tertiary/aromatic N) is 1. The third-order valence-electron chi connectivity index (χ3n) is 2.76. The number of halogens is 1. The quantitative estimate of drug-likeness (QED) is 0.554. The Labute approximate surface area is 98.1 Å². The molecule has 90 valence electrons. The first-order valence-corrected chi connectivity index (χ1v) is 6.40. The minimum Gasteiger partial charge on any atom is -0.374 e. The molecular formula is C11H23ClN2O. The Bertz CT molecular complexity index is 167. The van der Waals surface area contributed by atoms with Crippen LogP contribution in [0.2, 0.25) is 0 Å². The summed E-state index contributed by atoms with van der Waals surface area (Å²) in [4.78, 5) is 2.47. The highest BCUT2D eigenvalue weighted by molar-refractivity contribution is 6.17. The van der Waals surface area contributed by atoms with E-state index in [0.717, 1.165) is 45.1 Å². The predicted molar refractivity (Wildman–Crippen MR) is 64.7 cm³/mol. The highest BCUT2D eigenvalue weighted by Crippen LogP contribution is 2.07. The van der Waals surface area contributed by atoms with Gasteiger partial charge in [-0.1, -0.05) is 0 Å². The molecule has 1 N–H and O–H groups in total. The maximum absolute atomic E-state index is 5.70. The van der Waals surface area contributed by atoms with E-state index in [1.54, 1.807) is 0 Å². The van der Waals surface area contributed by atoms with Crippen molar-refractivity contribution in [3.63, 3.8) is 0 Å². The molecule has 0 amide bonds. The maximum Gasteiger partial charge on any atom is 0.0826 e. The molecule has 1 saturated heterocycles. The van der Waals surface area contributed by atoms with E-state index in [-0.39, 0.29) is 0 Å². The van der Waals surface area contributed by atoms with E-state index in [4.69, 9.17) is 16.3 Å². The fraction of sp³-hybridized carbons (Fsp3) is 1.00. The van der Waals surface area contributed by atoms with Gasteiger partial charge in [-0.25, -0.2) is 0 Å². The van der Waals surface area contributed by atoms with Gasteiger partial charge in [0.2, 0.25) is 0 Å². The molecule has 0 saturated carbocycles. The molecule has 1 heterocycles. The van der Waals surface area contributed by atoms with Gasteiger partial charge in [-0.15, -0.1) is 11.6 Å². The van der Waals surface area contributed by atoms with Crippen molar-refractivity contribution in [1.82, 2.24) is 10.2 Å². The third kappa shape index (κ3) is 5.16. The number of hydrogen-bond donors (Lipinski definition) is 1. The second-order valence-corrected chi connectivity index (χ2v) is 4.71. The SMILES string of the molecule is CC(C)N1CCOC(CNCCCCl)C1. The van der Waals surface area contributed by atoms with Crippen molar-refractivity contribution in [2.75, 3.05) is 38.7 Å². The molecule has 1 atom stereocenters. The van der Waals surface area contributed by atoms with E-state index < -0.39 is 0 Å². The van der Waals surface area contributed by atoms with Crippen molar-refractivity contribution in [2.24, 2.45) is 0 Å². The molecule has 0 aromatic rings. The van der Waals surface area contributed by atoms with Gasteiger partial charge in [0.1, 0.15) is 0 Å². The van der Waals surface area contributed by atoms with E-state index in [0.29, 0.717) is 12.1 Å². The van der Waals surface area contributed by atoms with Crippen LogP contribution in [0.4, 0.5) is 0 Å². The van der Waals surface area contributed by atoms with E-state index in [1.165, 1.54) is 0 Å². The van der Waals surface area contributed by atoms with E-state index in [1.807, 2.05) is 0 Å². The molecule has 15 heavy (non-hydrogen) atoms. The van der Waals surface area contributed by atoms with Crippen LogP contribution in [0.5, 0.6) is 0 Å². The van der Waals surface area contributed by atoms with Gasteiger partial charge in [-0.2, -0.15) is 0 Å². The third-order valence-corrected chi connectivity index (χ3v) is 3.03. The smallest absolute Gasteiger partial charge is 0.0826 e. The molecule has 0 radical (unpaired) electrons. The van der Waals surface area contributed by atoms with Crippen LogP contribution in [-0.4, -0.2) is 55.7 Å². The fourth-order valence-corrected chi connectivity index (χ4v) is 1.92. The summed E-state index contributed by atoms with van der Waals surface area (Å²) in [6.07, 6.45) is 1.37. The van der Waals surface area contributed by atoms with Gasteiger partial charge in [-0.3, -0.25) is 4.90 Å². The summed E-state index contributed by atoms with van der Waals surface area (Å²) in [5, 5.41) is 3.38. The van der Waals surface area contributed by atoms with Crippen molar-refractivity contribution >= 4 is 11.6 Å². The first-order chi connectivity index (χ1) is 7.24. The monoisotopic (exact) mass is 234 g/mol. The predicted octanol–water partition coefficient (Wildman–Crippen LogP) is 1.31. The molecule has 0 aromatic carbocycles. The van der Waals surface area contributed by atoms with Crippen LogP contribution >= 0.6 is 11.6 Å². The Hall–Kier alpha value is 0.170. The zero-order chi connectivity index (χ0) is 11.1. The maximum atomic E-state index is 5.70. The molecule has 0 spiro atoms. The van der Waals surface area contributed by atoms with Crippen LogP contribution in [0.3, 0.4) is 0 Å². The molecule has 1 aliphatic rings. The van der Waals surface area contributed by atoms with Crippen LogP contribution in [0.25, 0.3) is 0 Å². The zero-order valence-corrected chi connectivity index (χ0v) is 10.6. The number of hydrogen-bond acceptors (Lipinski definition) is 3. The Balaban J connectivity index is 2.13. The summed E-state index contributed by atoms with van der Waals surface area (Å²) in [5.41, 5.74) is 0. The summed E-state index contributed by atoms with van der Waals surface area (Å²) < 4.78 is 5.70. The highest BCUT2D eigenvalue weighted by Gasteiger charge is 2.21. The van der Waals surface area contributed by atoms with Gasteiger partial charge in [0.05, 0.1) is 12.7 Å². The molecule has 1 fully saturated rings. The molecule has 1 unspecified atom stereocenters. The molecule has 1 rings (SSSR count). The minimum absolute atomic E-state index is 0.344. The second kappa shape index (κ2) is 7.44. The van der Waals surface area contributed by atoms with Crippen molar-refractivity contribution in [3.8, 4) is 0 Å². The number of nitrogens with one attached hydrogen (secondary N) is 1. The van der Waals surface area contributed by atoms with Gasteiger partial charge >= 0.3 is 0 Å². The molecule has 4 heteroatoms. The van der Waals surface area contributed by atoms with Crippen LogP contribution in [0.1, 0.15) is 20.3 Å². The second-order valence-electron chi connectivity index (χ2n) is 4.33. The Kier molecular flexibility index (Phi) is 6.57. The lowest BCUT2D eigenvalue weighted by Gasteiger charge is -2.35. The van der Waals surface area contributed by atoms with Crippen molar-refractivity contribution in [2.45, 2.75) is 32.4 Å².